The Morgan fingerprint density at radius 3 is 2.70 bits per heavy atom. The molecule has 110 valence electrons. The van der Waals surface area contributed by atoms with Gasteiger partial charge in [0.05, 0.1) is 0 Å². The summed E-state index contributed by atoms with van der Waals surface area (Å²) in [7, 11) is 2.09. The molecule has 20 heavy (non-hydrogen) atoms. The molecule has 0 spiro atoms. The molecule has 2 heterocycles. The Kier molecular flexibility index (Phi) is 4.71. The van der Waals surface area contributed by atoms with E-state index >= 15 is 0 Å². The van der Waals surface area contributed by atoms with Crippen molar-refractivity contribution in [1.82, 2.24) is 15.1 Å². The fourth-order valence-corrected chi connectivity index (χ4v) is 3.67. The molecule has 0 radical (unpaired) electrons. The zero-order valence-electron chi connectivity index (χ0n) is 12.6. The van der Waals surface area contributed by atoms with Crippen molar-refractivity contribution in [3.05, 3.63) is 35.9 Å². The monoisotopic (exact) mass is 273 g/mol. The highest BCUT2D eigenvalue weighted by Gasteiger charge is 2.30. The minimum absolute atomic E-state index is 0.708. The third-order valence-corrected chi connectivity index (χ3v) is 4.87. The molecule has 3 heteroatoms. The van der Waals surface area contributed by atoms with E-state index in [1.165, 1.54) is 51.0 Å². The molecule has 1 aromatic rings. The Balaban J connectivity index is 1.54. The summed E-state index contributed by atoms with van der Waals surface area (Å²) in [5.41, 5.74) is 1.45. The maximum absolute atomic E-state index is 3.43. The number of piperidine rings is 1. The van der Waals surface area contributed by atoms with Crippen molar-refractivity contribution in [2.45, 2.75) is 37.9 Å². The summed E-state index contributed by atoms with van der Waals surface area (Å²) in [5.74, 6) is 0. The predicted octanol–water partition coefficient (Wildman–Crippen LogP) is 1.94. The predicted molar refractivity (Wildman–Crippen MR) is 83.8 cm³/mol. The van der Waals surface area contributed by atoms with Gasteiger partial charge in [-0.05, 0) is 38.4 Å². The van der Waals surface area contributed by atoms with E-state index in [9.17, 15) is 0 Å². The molecule has 2 fully saturated rings. The Morgan fingerprint density at radius 1 is 1.10 bits per heavy atom. The van der Waals surface area contributed by atoms with Crippen LogP contribution in [0.3, 0.4) is 0 Å². The van der Waals surface area contributed by atoms with Crippen LogP contribution in [0.5, 0.6) is 0 Å². The summed E-state index contributed by atoms with van der Waals surface area (Å²) in [5, 5.41) is 3.43. The van der Waals surface area contributed by atoms with Crippen LogP contribution in [0.1, 0.15) is 24.8 Å². The van der Waals surface area contributed by atoms with Crippen molar-refractivity contribution < 1.29 is 0 Å². The summed E-state index contributed by atoms with van der Waals surface area (Å²) < 4.78 is 0. The molecule has 1 aromatic carbocycles. The molecule has 2 saturated heterocycles. The van der Waals surface area contributed by atoms with Gasteiger partial charge in [-0.1, -0.05) is 30.3 Å². The van der Waals surface area contributed by atoms with E-state index < -0.39 is 0 Å². The lowest BCUT2D eigenvalue weighted by Gasteiger charge is -2.37. The number of likely N-dealkylation sites (tertiary alicyclic amines) is 2. The smallest absolute Gasteiger partial charge is 0.0234 e. The SMILES string of the molecule is CNC1CCN(C2CCCN(Cc3ccccc3)C2)C1. The summed E-state index contributed by atoms with van der Waals surface area (Å²) in [6.07, 6.45) is 4.03. The third kappa shape index (κ3) is 3.40. The van der Waals surface area contributed by atoms with Gasteiger partial charge in [0, 0.05) is 38.3 Å². The summed E-state index contributed by atoms with van der Waals surface area (Å²) in [4.78, 5) is 5.34. The van der Waals surface area contributed by atoms with E-state index in [0.29, 0.717) is 6.04 Å². The molecule has 3 nitrogen and oxygen atoms in total. The second kappa shape index (κ2) is 6.70. The summed E-state index contributed by atoms with van der Waals surface area (Å²) in [6, 6.07) is 12.4. The average molecular weight is 273 g/mol. The highest BCUT2D eigenvalue weighted by Crippen LogP contribution is 2.21. The molecule has 0 amide bonds. The number of rotatable bonds is 4. The van der Waals surface area contributed by atoms with Crippen molar-refractivity contribution in [1.29, 1.82) is 0 Å². The van der Waals surface area contributed by atoms with Gasteiger partial charge in [0.1, 0.15) is 0 Å². The number of benzene rings is 1. The molecule has 2 aliphatic rings. The highest BCUT2D eigenvalue weighted by atomic mass is 15.3. The van der Waals surface area contributed by atoms with E-state index in [4.69, 9.17) is 0 Å². The Hall–Kier alpha value is -0.900. The highest BCUT2D eigenvalue weighted by molar-refractivity contribution is 5.14. The van der Waals surface area contributed by atoms with Crippen LogP contribution in [-0.4, -0.2) is 55.1 Å². The van der Waals surface area contributed by atoms with E-state index in [2.05, 4.69) is 52.5 Å². The van der Waals surface area contributed by atoms with Gasteiger partial charge in [-0.25, -0.2) is 0 Å². The first kappa shape index (κ1) is 14.1. The number of hydrogen-bond donors (Lipinski definition) is 1. The fourth-order valence-electron chi connectivity index (χ4n) is 3.67. The topological polar surface area (TPSA) is 18.5 Å². The van der Waals surface area contributed by atoms with Crippen molar-refractivity contribution in [3.63, 3.8) is 0 Å². The van der Waals surface area contributed by atoms with Gasteiger partial charge in [0.15, 0.2) is 0 Å². The first-order chi connectivity index (χ1) is 9.85. The molecule has 0 bridgehead atoms. The lowest BCUT2D eigenvalue weighted by molar-refractivity contribution is 0.109. The summed E-state index contributed by atoms with van der Waals surface area (Å²) >= 11 is 0. The lowest BCUT2D eigenvalue weighted by Crippen LogP contribution is -2.47. The number of nitrogens with one attached hydrogen (secondary N) is 1. The van der Waals surface area contributed by atoms with Gasteiger partial charge in [0.25, 0.3) is 0 Å². The van der Waals surface area contributed by atoms with E-state index in [-0.39, 0.29) is 0 Å². The quantitative estimate of drug-likeness (QED) is 0.904. The molecule has 0 aliphatic carbocycles. The summed E-state index contributed by atoms with van der Waals surface area (Å²) in [6.45, 7) is 6.12. The first-order valence-corrected chi connectivity index (χ1v) is 8.03. The second-order valence-electron chi connectivity index (χ2n) is 6.29. The zero-order valence-corrected chi connectivity index (χ0v) is 12.6. The van der Waals surface area contributed by atoms with Crippen LogP contribution in [-0.2, 0) is 6.54 Å². The Morgan fingerprint density at radius 2 is 1.95 bits per heavy atom. The van der Waals surface area contributed by atoms with E-state index in [1.807, 2.05) is 0 Å². The normalized spacial score (nSPS) is 28.9. The third-order valence-electron chi connectivity index (χ3n) is 4.87. The molecular formula is C17H27N3. The minimum atomic E-state index is 0.708. The van der Waals surface area contributed by atoms with Gasteiger partial charge in [-0.15, -0.1) is 0 Å². The van der Waals surface area contributed by atoms with Gasteiger partial charge in [-0.2, -0.15) is 0 Å². The Bertz CT molecular complexity index is 406. The number of nitrogens with zero attached hydrogens (tertiary/aromatic N) is 2. The maximum Gasteiger partial charge on any atom is 0.0234 e. The molecule has 0 saturated carbocycles. The number of hydrogen-bond acceptors (Lipinski definition) is 3. The van der Waals surface area contributed by atoms with Gasteiger partial charge in [0.2, 0.25) is 0 Å². The van der Waals surface area contributed by atoms with Crippen molar-refractivity contribution in [3.8, 4) is 0 Å². The largest absolute Gasteiger partial charge is 0.316 e. The van der Waals surface area contributed by atoms with E-state index in [1.54, 1.807) is 0 Å². The van der Waals surface area contributed by atoms with Crippen molar-refractivity contribution >= 4 is 0 Å². The first-order valence-electron chi connectivity index (χ1n) is 8.03. The Labute approximate surface area is 123 Å². The maximum atomic E-state index is 3.43. The van der Waals surface area contributed by atoms with Gasteiger partial charge < -0.3 is 5.32 Å². The standard InChI is InChI=1S/C17H27N3/c1-18-16-9-11-20(13-16)17-8-5-10-19(14-17)12-15-6-3-2-4-7-15/h2-4,6-7,16-18H,5,8-14H2,1H3. The van der Waals surface area contributed by atoms with Crippen molar-refractivity contribution in [2.24, 2.45) is 0 Å². The van der Waals surface area contributed by atoms with Crippen LogP contribution in [0.4, 0.5) is 0 Å². The molecular weight excluding hydrogens is 246 g/mol. The van der Waals surface area contributed by atoms with Crippen LogP contribution in [0.2, 0.25) is 0 Å². The van der Waals surface area contributed by atoms with Crippen LogP contribution >= 0.6 is 0 Å². The average Bonchev–Trinajstić information content (AvgIpc) is 2.98. The van der Waals surface area contributed by atoms with Crippen LogP contribution in [0.15, 0.2) is 30.3 Å². The molecule has 2 atom stereocenters. The molecule has 0 aromatic heterocycles. The van der Waals surface area contributed by atoms with Crippen LogP contribution < -0.4 is 5.32 Å². The van der Waals surface area contributed by atoms with Gasteiger partial charge >= 0.3 is 0 Å². The minimum Gasteiger partial charge on any atom is -0.316 e. The molecule has 1 N–H and O–H groups in total. The zero-order chi connectivity index (χ0) is 13.8. The number of likely N-dealkylation sites (N-methyl/N-ethyl adjacent to an activating group) is 1. The van der Waals surface area contributed by atoms with Crippen LogP contribution in [0, 0.1) is 0 Å². The van der Waals surface area contributed by atoms with Crippen molar-refractivity contribution in [2.75, 3.05) is 33.2 Å². The second-order valence-corrected chi connectivity index (χ2v) is 6.29. The van der Waals surface area contributed by atoms with E-state index in [0.717, 1.165) is 12.6 Å². The fraction of sp³-hybridized carbons (Fsp3) is 0.647. The molecule has 2 aliphatic heterocycles. The molecule has 3 rings (SSSR count). The van der Waals surface area contributed by atoms with Gasteiger partial charge in [-0.3, -0.25) is 9.80 Å². The lowest BCUT2D eigenvalue weighted by atomic mass is 10.0. The van der Waals surface area contributed by atoms with Crippen LogP contribution in [0.25, 0.3) is 0 Å². The molecule has 2 unspecified atom stereocenters.